The molecule has 9 heteroatoms. The minimum atomic E-state index is -1.71. The topological polar surface area (TPSA) is 140 Å². The van der Waals surface area contributed by atoms with Gasteiger partial charge in [-0.1, -0.05) is 45.1 Å². The number of hydrogen-bond acceptors (Lipinski definition) is 7. The van der Waals surface area contributed by atoms with Gasteiger partial charge in [0.2, 0.25) is 5.91 Å². The van der Waals surface area contributed by atoms with E-state index in [1.165, 1.54) is 13.2 Å². The molecule has 2 amide bonds. The number of carbonyl (C=O) groups excluding carboxylic acids is 2. The zero-order valence-corrected chi connectivity index (χ0v) is 17.6. The first-order chi connectivity index (χ1) is 14.0. The summed E-state index contributed by atoms with van der Waals surface area (Å²) >= 11 is 0. The van der Waals surface area contributed by atoms with Gasteiger partial charge in [0.1, 0.15) is 24.4 Å². The summed E-state index contributed by atoms with van der Waals surface area (Å²) in [6.45, 7) is 5.86. The van der Waals surface area contributed by atoms with Crippen LogP contribution in [0.2, 0.25) is 0 Å². The molecule has 0 saturated heterocycles. The maximum absolute atomic E-state index is 12.6. The molecule has 30 heavy (non-hydrogen) atoms. The van der Waals surface area contributed by atoms with Gasteiger partial charge in [-0.2, -0.15) is 0 Å². The molecule has 2 rings (SSSR count). The lowest BCUT2D eigenvalue weighted by Gasteiger charge is -2.28. The van der Waals surface area contributed by atoms with Crippen LogP contribution in [-0.4, -0.2) is 71.2 Å². The Morgan fingerprint density at radius 2 is 1.83 bits per heavy atom. The third kappa shape index (κ3) is 6.27. The largest absolute Gasteiger partial charge is 0.387 e. The SMILES string of the molecule is CO[C@@H](C(=O)N[C@H]1CNc2ccccc2NC1=O)[C@H](O)[C@@H](O)[C@H](O)C=CC(C)(C)C. The molecule has 0 saturated carbocycles. The number of allylic oxidation sites excluding steroid dienone is 1. The maximum Gasteiger partial charge on any atom is 0.252 e. The molecule has 1 aliphatic rings. The average molecular weight is 421 g/mol. The number of aliphatic hydroxyl groups excluding tert-OH is 3. The number of nitrogens with one attached hydrogen (secondary N) is 3. The molecule has 9 nitrogen and oxygen atoms in total. The standard InChI is InChI=1S/C21H31N3O6/c1-21(2,3)10-9-15(25)16(26)17(27)18(30-4)20(29)24-14-11-22-12-7-5-6-8-13(12)23-19(14)28/h5-10,14-18,22,25-27H,11H2,1-4H3,(H,23,28)(H,24,29)/t14-,15+,16-,17+,18+/m0/s1. The second-order valence-electron chi connectivity index (χ2n) is 8.33. The number of benzene rings is 1. The molecular weight excluding hydrogens is 390 g/mol. The van der Waals surface area contributed by atoms with Crippen molar-refractivity contribution in [3.63, 3.8) is 0 Å². The van der Waals surface area contributed by atoms with Crippen molar-refractivity contribution in [2.24, 2.45) is 5.41 Å². The summed E-state index contributed by atoms with van der Waals surface area (Å²) in [5.74, 6) is -1.22. The van der Waals surface area contributed by atoms with Crippen molar-refractivity contribution < 1.29 is 29.6 Å². The molecule has 0 radical (unpaired) electrons. The van der Waals surface area contributed by atoms with Gasteiger partial charge in [-0.25, -0.2) is 0 Å². The van der Waals surface area contributed by atoms with Crippen molar-refractivity contribution in [1.29, 1.82) is 0 Å². The summed E-state index contributed by atoms with van der Waals surface area (Å²) in [6, 6.07) is 6.18. The van der Waals surface area contributed by atoms with E-state index < -0.39 is 42.3 Å². The highest BCUT2D eigenvalue weighted by Gasteiger charge is 2.37. The average Bonchev–Trinajstić information content (AvgIpc) is 2.84. The highest BCUT2D eigenvalue weighted by Crippen LogP contribution is 2.23. The molecular formula is C21H31N3O6. The minimum absolute atomic E-state index is 0.126. The van der Waals surface area contributed by atoms with Crippen LogP contribution in [0.5, 0.6) is 0 Å². The normalized spacial score (nSPS) is 20.9. The first-order valence-corrected chi connectivity index (χ1v) is 9.74. The van der Waals surface area contributed by atoms with Gasteiger partial charge in [-0.3, -0.25) is 9.59 Å². The van der Waals surface area contributed by atoms with Crippen molar-refractivity contribution in [3.05, 3.63) is 36.4 Å². The van der Waals surface area contributed by atoms with Crippen molar-refractivity contribution in [1.82, 2.24) is 5.32 Å². The Balaban J connectivity index is 2.03. The molecule has 6 N–H and O–H groups in total. The van der Waals surface area contributed by atoms with Crippen LogP contribution in [0.3, 0.4) is 0 Å². The van der Waals surface area contributed by atoms with E-state index in [0.717, 1.165) is 5.69 Å². The zero-order valence-electron chi connectivity index (χ0n) is 17.6. The van der Waals surface area contributed by atoms with E-state index in [0.29, 0.717) is 5.69 Å². The fourth-order valence-electron chi connectivity index (χ4n) is 2.93. The highest BCUT2D eigenvalue weighted by atomic mass is 16.5. The molecule has 5 atom stereocenters. The van der Waals surface area contributed by atoms with Crippen molar-refractivity contribution in [2.45, 2.75) is 51.2 Å². The van der Waals surface area contributed by atoms with Crippen LogP contribution < -0.4 is 16.0 Å². The van der Waals surface area contributed by atoms with Gasteiger partial charge < -0.3 is 36.0 Å². The maximum atomic E-state index is 12.6. The highest BCUT2D eigenvalue weighted by molar-refractivity contribution is 6.01. The quantitative estimate of drug-likeness (QED) is 0.347. The number of carbonyl (C=O) groups is 2. The number of ether oxygens (including phenoxy) is 1. The predicted octanol–water partition coefficient (Wildman–Crippen LogP) is 0.235. The number of aliphatic hydroxyl groups is 3. The van der Waals surface area contributed by atoms with Gasteiger partial charge in [0, 0.05) is 13.7 Å². The predicted molar refractivity (Wildman–Crippen MR) is 113 cm³/mol. The second kappa shape index (κ2) is 10.0. The first-order valence-electron chi connectivity index (χ1n) is 9.74. The van der Waals surface area contributed by atoms with Crippen LogP contribution in [-0.2, 0) is 14.3 Å². The smallest absolute Gasteiger partial charge is 0.252 e. The van der Waals surface area contributed by atoms with E-state index in [-0.39, 0.29) is 12.0 Å². The summed E-state index contributed by atoms with van der Waals surface area (Å²) in [6.07, 6.45) is -3.22. The minimum Gasteiger partial charge on any atom is -0.387 e. The summed E-state index contributed by atoms with van der Waals surface area (Å²) in [5.41, 5.74) is 1.07. The van der Waals surface area contributed by atoms with E-state index >= 15 is 0 Å². The second-order valence-corrected chi connectivity index (χ2v) is 8.33. The van der Waals surface area contributed by atoms with Crippen molar-refractivity contribution >= 4 is 23.2 Å². The fraction of sp³-hybridized carbons (Fsp3) is 0.524. The Labute approximate surface area is 176 Å². The Bertz CT molecular complexity index is 776. The first kappa shape index (κ1) is 23.8. The number of rotatable bonds is 7. The van der Waals surface area contributed by atoms with Gasteiger partial charge in [0.25, 0.3) is 5.91 Å². The molecule has 166 valence electrons. The molecule has 0 aliphatic carbocycles. The number of para-hydroxylation sites is 2. The van der Waals surface area contributed by atoms with E-state index in [9.17, 15) is 24.9 Å². The molecule has 0 aromatic heterocycles. The fourth-order valence-corrected chi connectivity index (χ4v) is 2.93. The summed E-state index contributed by atoms with van der Waals surface area (Å²) in [4.78, 5) is 25.1. The van der Waals surface area contributed by atoms with E-state index in [4.69, 9.17) is 4.74 Å². The third-order valence-electron chi connectivity index (χ3n) is 4.63. The van der Waals surface area contributed by atoms with E-state index in [1.807, 2.05) is 26.8 Å². The molecule has 0 spiro atoms. The van der Waals surface area contributed by atoms with Crippen LogP contribution in [0.25, 0.3) is 0 Å². The number of methoxy groups -OCH3 is 1. The molecule has 1 heterocycles. The Kier molecular flexibility index (Phi) is 7.96. The zero-order chi connectivity index (χ0) is 22.5. The van der Waals surface area contributed by atoms with Crippen molar-refractivity contribution in [2.75, 3.05) is 24.3 Å². The third-order valence-corrected chi connectivity index (χ3v) is 4.63. The number of anilines is 2. The van der Waals surface area contributed by atoms with E-state index in [1.54, 1.807) is 24.3 Å². The van der Waals surface area contributed by atoms with Gasteiger partial charge in [0.15, 0.2) is 6.10 Å². The lowest BCUT2D eigenvalue weighted by atomic mass is 9.94. The van der Waals surface area contributed by atoms with Crippen molar-refractivity contribution in [3.8, 4) is 0 Å². The van der Waals surface area contributed by atoms with Crippen LogP contribution in [0, 0.1) is 5.41 Å². The summed E-state index contributed by atoms with van der Waals surface area (Å²) in [7, 11) is 1.19. The number of amides is 2. The van der Waals surface area contributed by atoms with Gasteiger partial charge in [-0.05, 0) is 17.5 Å². The van der Waals surface area contributed by atoms with Gasteiger partial charge in [-0.15, -0.1) is 0 Å². The Hall–Kier alpha value is -2.46. The number of fused-ring (bicyclic) bond motifs is 1. The lowest BCUT2D eigenvalue weighted by molar-refractivity contribution is -0.150. The van der Waals surface area contributed by atoms with Crippen LogP contribution in [0.1, 0.15) is 20.8 Å². The summed E-state index contributed by atoms with van der Waals surface area (Å²) < 4.78 is 5.05. The molecule has 0 fully saturated rings. The monoisotopic (exact) mass is 421 g/mol. The van der Waals surface area contributed by atoms with Gasteiger partial charge in [0.05, 0.1) is 11.4 Å². The summed E-state index contributed by atoms with van der Waals surface area (Å²) in [5, 5.41) is 39.1. The van der Waals surface area contributed by atoms with Crippen LogP contribution in [0.4, 0.5) is 11.4 Å². The lowest BCUT2D eigenvalue weighted by Crippen LogP contribution is -2.56. The number of hydrogen-bond donors (Lipinski definition) is 6. The van der Waals surface area contributed by atoms with Gasteiger partial charge >= 0.3 is 0 Å². The molecule has 0 unspecified atom stereocenters. The van der Waals surface area contributed by atoms with E-state index in [2.05, 4.69) is 16.0 Å². The van der Waals surface area contributed by atoms with Crippen LogP contribution >= 0.6 is 0 Å². The van der Waals surface area contributed by atoms with Crippen LogP contribution in [0.15, 0.2) is 36.4 Å². The molecule has 1 aromatic carbocycles. The molecule has 1 aromatic rings. The Morgan fingerprint density at radius 1 is 1.20 bits per heavy atom. The Morgan fingerprint density at radius 3 is 2.43 bits per heavy atom. The molecule has 0 bridgehead atoms. The molecule has 1 aliphatic heterocycles.